The first-order chi connectivity index (χ1) is 31.7. The molecule has 5 rings (SSSR count). The van der Waals surface area contributed by atoms with E-state index >= 15 is 0 Å². The summed E-state index contributed by atoms with van der Waals surface area (Å²) in [6, 6.07) is 11.9. The number of piperazine rings is 1. The van der Waals surface area contributed by atoms with Crippen LogP contribution in [0.25, 0.3) is 0 Å². The van der Waals surface area contributed by atoms with E-state index in [0.717, 1.165) is 32.4 Å². The van der Waals surface area contributed by atoms with E-state index in [1.54, 1.807) is 29.2 Å². The molecule has 0 aliphatic carbocycles. The van der Waals surface area contributed by atoms with Gasteiger partial charge in [0.1, 0.15) is 12.1 Å². The highest BCUT2D eigenvalue weighted by atomic mass is 16.2. The van der Waals surface area contributed by atoms with Gasteiger partial charge in [0, 0.05) is 59.2 Å². The Bertz CT molecular complexity index is 2030. The third-order valence-electron chi connectivity index (χ3n) is 12.3. The molecule has 2 aromatic rings. The van der Waals surface area contributed by atoms with Crippen molar-refractivity contribution in [2.24, 2.45) is 28.1 Å². The molecule has 2 fully saturated rings. The average Bonchev–Trinajstić information content (AvgIpc) is 3.42. The van der Waals surface area contributed by atoms with Crippen molar-refractivity contribution in [3.05, 3.63) is 54.1 Å². The summed E-state index contributed by atoms with van der Waals surface area (Å²) in [5.74, 6) is -2.00. The highest BCUT2D eigenvalue weighted by Crippen LogP contribution is 2.38. The number of carbonyl (C=O) groups excluding carboxylic acids is 7. The van der Waals surface area contributed by atoms with Crippen LogP contribution in [0, 0.1) is 5.92 Å². The number of guanidine groups is 1. The van der Waals surface area contributed by atoms with Crippen LogP contribution in [-0.4, -0.2) is 152 Å². The number of nitrogens with two attached hydrogens (primary N) is 3. The van der Waals surface area contributed by atoms with Crippen LogP contribution in [0.1, 0.15) is 82.0 Å². The fraction of sp³-hybridized carbons (Fsp3) is 0.565. The minimum absolute atomic E-state index is 0.0466. The number of fused-ring (bicyclic) bond motifs is 2. The molecule has 0 radical (unpaired) electrons. The predicted octanol–water partition coefficient (Wildman–Crippen LogP) is 0.346. The molecule has 20 nitrogen and oxygen atoms in total. The first kappa shape index (κ1) is 51.0. The van der Waals surface area contributed by atoms with Gasteiger partial charge >= 0.3 is 0 Å². The molecule has 360 valence electrons. The standard InChI is InChI=1S/C46H69N13O7/c1-31(42(63)55-37(12-7-8-20-47)45(66)53-32(2)60)52-44(65)36(13-9-21-51-46(48)49)50-22-25-56-26-28-58(29-27-56)40(61)17-16-33-18-23-57(24-19-33)30-41(62)59-38-14-5-3-10-34(38)43(64)54-35-11-4-6-15-39(35)59/h3-6,10-11,14-15,31,33,36-37,50H,7-9,12-13,16-30,47H2,1-2H3,(H,52,65)(H,54,64)(H,55,63)(H4,48,49,51)(H,53,60,66)/t31-,36-,37-/m0/s1. The van der Waals surface area contributed by atoms with Gasteiger partial charge < -0.3 is 43.4 Å². The minimum Gasteiger partial charge on any atom is -0.370 e. The number of aliphatic imine (C=N–C) groups is 1. The lowest BCUT2D eigenvalue weighted by Gasteiger charge is -2.36. The van der Waals surface area contributed by atoms with Gasteiger partial charge in [0.05, 0.1) is 35.2 Å². The zero-order valence-corrected chi connectivity index (χ0v) is 38.4. The van der Waals surface area contributed by atoms with E-state index < -0.39 is 41.8 Å². The Hall–Kier alpha value is -5.96. The number of carbonyl (C=O) groups is 7. The Balaban J connectivity index is 1.02. The number of nitrogens with one attached hydrogen (secondary N) is 5. The van der Waals surface area contributed by atoms with Crippen LogP contribution in [0.4, 0.5) is 17.1 Å². The molecule has 0 aromatic heterocycles. The third-order valence-corrected chi connectivity index (χ3v) is 12.3. The van der Waals surface area contributed by atoms with Crippen LogP contribution < -0.4 is 48.7 Å². The molecule has 3 heterocycles. The first-order valence-electron chi connectivity index (χ1n) is 23.2. The van der Waals surface area contributed by atoms with Crippen LogP contribution in [0.2, 0.25) is 0 Å². The maximum atomic E-state index is 13.9. The number of hydrogen-bond acceptors (Lipinski definition) is 12. The summed E-state index contributed by atoms with van der Waals surface area (Å²) in [6.45, 7) is 8.91. The van der Waals surface area contributed by atoms with Gasteiger partial charge in [-0.25, -0.2) is 0 Å². The molecule has 3 atom stereocenters. The lowest BCUT2D eigenvalue weighted by atomic mass is 9.92. The van der Waals surface area contributed by atoms with Crippen molar-refractivity contribution in [3.63, 3.8) is 0 Å². The molecule has 2 saturated heterocycles. The SMILES string of the molecule is CC(=O)NC(=O)[C@H](CCCCN)NC(=O)[C@H](C)NC(=O)[C@H](CCCN=C(N)N)NCCN1CCN(C(=O)CCC2CCN(CC(=O)N3c4ccccc4NC(=O)c4ccccc43)CC2)CC1. The second kappa shape index (κ2) is 25.7. The van der Waals surface area contributed by atoms with Crippen LogP contribution in [0.5, 0.6) is 0 Å². The summed E-state index contributed by atoms with van der Waals surface area (Å²) < 4.78 is 0. The second-order valence-electron chi connectivity index (χ2n) is 17.3. The van der Waals surface area contributed by atoms with Gasteiger partial charge in [0.2, 0.25) is 35.4 Å². The average molecular weight is 916 g/mol. The lowest BCUT2D eigenvalue weighted by Crippen LogP contribution is -2.56. The number of imide groups is 1. The Morgan fingerprint density at radius 1 is 0.788 bits per heavy atom. The Morgan fingerprint density at radius 2 is 1.47 bits per heavy atom. The smallest absolute Gasteiger partial charge is 0.257 e. The van der Waals surface area contributed by atoms with Gasteiger partial charge in [-0.05, 0) is 108 Å². The van der Waals surface area contributed by atoms with E-state index in [1.165, 1.54) is 13.8 Å². The molecule has 7 amide bonds. The predicted molar refractivity (Wildman–Crippen MR) is 252 cm³/mol. The van der Waals surface area contributed by atoms with Crippen molar-refractivity contribution in [2.45, 2.75) is 89.8 Å². The van der Waals surface area contributed by atoms with Crippen LogP contribution in [0.15, 0.2) is 53.5 Å². The molecule has 11 N–H and O–H groups in total. The van der Waals surface area contributed by atoms with Gasteiger partial charge in [0.25, 0.3) is 5.91 Å². The van der Waals surface area contributed by atoms with E-state index in [0.29, 0.717) is 113 Å². The molecule has 66 heavy (non-hydrogen) atoms. The van der Waals surface area contributed by atoms with E-state index in [9.17, 15) is 33.6 Å². The Kier molecular flexibility index (Phi) is 19.8. The van der Waals surface area contributed by atoms with Gasteiger partial charge in [0.15, 0.2) is 5.96 Å². The molecular weight excluding hydrogens is 847 g/mol. The quantitative estimate of drug-likeness (QED) is 0.0450. The van der Waals surface area contributed by atoms with Crippen LogP contribution >= 0.6 is 0 Å². The zero-order valence-electron chi connectivity index (χ0n) is 38.4. The van der Waals surface area contributed by atoms with Crippen molar-refractivity contribution in [1.82, 2.24) is 36.0 Å². The monoisotopic (exact) mass is 916 g/mol. The molecule has 0 saturated carbocycles. The number of hydrogen-bond donors (Lipinski definition) is 8. The number of benzene rings is 2. The van der Waals surface area contributed by atoms with Crippen molar-refractivity contribution >= 4 is 64.4 Å². The number of likely N-dealkylation sites (tertiary alicyclic amines) is 1. The van der Waals surface area contributed by atoms with E-state index in [1.807, 2.05) is 29.2 Å². The second-order valence-corrected chi connectivity index (χ2v) is 17.3. The molecule has 20 heteroatoms. The number of anilines is 3. The Morgan fingerprint density at radius 3 is 2.17 bits per heavy atom. The van der Waals surface area contributed by atoms with E-state index in [4.69, 9.17) is 17.2 Å². The Labute approximate surface area is 387 Å². The fourth-order valence-electron chi connectivity index (χ4n) is 8.55. The van der Waals surface area contributed by atoms with Gasteiger partial charge in [-0.3, -0.25) is 58.6 Å². The van der Waals surface area contributed by atoms with Crippen molar-refractivity contribution < 1.29 is 33.6 Å². The molecule has 0 spiro atoms. The fourth-order valence-corrected chi connectivity index (χ4v) is 8.55. The zero-order chi connectivity index (χ0) is 47.6. The lowest BCUT2D eigenvalue weighted by molar-refractivity contribution is -0.135. The van der Waals surface area contributed by atoms with Crippen molar-refractivity contribution in [3.8, 4) is 0 Å². The molecule has 0 unspecified atom stereocenters. The van der Waals surface area contributed by atoms with Gasteiger partial charge in [-0.15, -0.1) is 0 Å². The molecular formula is C46H69N13O7. The summed E-state index contributed by atoms with van der Waals surface area (Å²) in [6.07, 6.45) is 5.43. The first-order valence-corrected chi connectivity index (χ1v) is 23.2. The molecule has 3 aliphatic rings. The summed E-state index contributed by atoms with van der Waals surface area (Å²) in [5, 5.41) is 13.9. The normalized spacial score (nSPS) is 16.9. The molecule has 0 bridgehead atoms. The van der Waals surface area contributed by atoms with Crippen molar-refractivity contribution in [2.75, 3.05) is 82.2 Å². The number of para-hydroxylation sites is 3. The number of piperidine rings is 1. The number of unbranched alkanes of at least 4 members (excludes halogenated alkanes) is 1. The maximum absolute atomic E-state index is 13.9. The number of amides is 7. The van der Waals surface area contributed by atoms with Gasteiger partial charge in [-0.2, -0.15) is 0 Å². The highest BCUT2D eigenvalue weighted by Gasteiger charge is 2.32. The van der Waals surface area contributed by atoms with Crippen molar-refractivity contribution in [1.29, 1.82) is 0 Å². The van der Waals surface area contributed by atoms with Crippen LogP contribution in [-0.2, 0) is 28.8 Å². The maximum Gasteiger partial charge on any atom is 0.257 e. The third kappa shape index (κ3) is 15.3. The molecule has 2 aromatic carbocycles. The minimum atomic E-state index is -0.976. The summed E-state index contributed by atoms with van der Waals surface area (Å²) in [5.41, 5.74) is 18.8. The van der Waals surface area contributed by atoms with E-state index in [-0.39, 0.29) is 36.6 Å². The largest absolute Gasteiger partial charge is 0.370 e. The summed E-state index contributed by atoms with van der Waals surface area (Å²) in [7, 11) is 0. The van der Waals surface area contributed by atoms with E-state index in [2.05, 4.69) is 41.4 Å². The molecule has 3 aliphatic heterocycles. The number of nitrogens with zero attached hydrogens (tertiary/aromatic N) is 5. The number of rotatable bonds is 22. The summed E-state index contributed by atoms with van der Waals surface area (Å²) in [4.78, 5) is 103. The topological polar surface area (TPSA) is 283 Å². The van der Waals surface area contributed by atoms with Gasteiger partial charge in [-0.1, -0.05) is 24.3 Å². The highest BCUT2D eigenvalue weighted by molar-refractivity contribution is 6.18. The van der Waals surface area contributed by atoms with Crippen LogP contribution in [0.3, 0.4) is 0 Å². The summed E-state index contributed by atoms with van der Waals surface area (Å²) >= 11 is 0.